The molecule has 0 aliphatic carbocycles. The Bertz CT molecular complexity index is 453. The molecule has 0 saturated carbocycles. The van der Waals surface area contributed by atoms with Crippen molar-refractivity contribution in [1.82, 2.24) is 10.2 Å². The van der Waals surface area contributed by atoms with Crippen molar-refractivity contribution in [3.05, 3.63) is 34.1 Å². The fraction of sp³-hybridized carbons (Fsp3) is 0.500. The van der Waals surface area contributed by atoms with Crippen LogP contribution in [0.1, 0.15) is 11.6 Å². The van der Waals surface area contributed by atoms with Gasteiger partial charge in [-0.3, -0.25) is 4.90 Å². The maximum absolute atomic E-state index is 13.9. The van der Waals surface area contributed by atoms with Gasteiger partial charge in [-0.05, 0) is 22.0 Å². The first kappa shape index (κ1) is 20.9. The molecule has 2 nitrogen and oxygen atoms in total. The molecule has 9 heteroatoms. The molecule has 0 bridgehead atoms. The lowest BCUT2D eigenvalue weighted by Crippen LogP contribution is -2.49. The quantitative estimate of drug-likeness (QED) is 0.738. The molecular formula is C12H15BrCl2F4N2. The van der Waals surface area contributed by atoms with Crippen molar-refractivity contribution in [3.8, 4) is 0 Å². The standard InChI is InChI=1S/C12H13BrF4N2.2ClH/c13-9-3-1-2-8(10(9)14)11(12(15,16)17)19-6-4-18-5-7-19;;/h1-3,11,18H,4-7H2;2*1H/t11-;;/m0../s1. The molecule has 2 rings (SSSR count). The molecule has 0 aromatic heterocycles. The first-order valence-electron chi connectivity index (χ1n) is 5.86. The number of halogens is 7. The zero-order valence-corrected chi connectivity index (χ0v) is 14.0. The van der Waals surface area contributed by atoms with Crippen molar-refractivity contribution in [3.63, 3.8) is 0 Å². The van der Waals surface area contributed by atoms with Crippen LogP contribution in [0.3, 0.4) is 0 Å². The van der Waals surface area contributed by atoms with E-state index in [1.807, 2.05) is 0 Å². The van der Waals surface area contributed by atoms with Gasteiger partial charge in [0.1, 0.15) is 11.9 Å². The van der Waals surface area contributed by atoms with E-state index in [0.29, 0.717) is 13.1 Å². The molecule has 122 valence electrons. The number of benzene rings is 1. The second-order valence-electron chi connectivity index (χ2n) is 4.37. The predicted molar refractivity (Wildman–Crippen MR) is 81.8 cm³/mol. The molecular weight excluding hydrogens is 399 g/mol. The third-order valence-corrected chi connectivity index (χ3v) is 3.72. The minimum absolute atomic E-state index is 0. The van der Waals surface area contributed by atoms with E-state index in [1.54, 1.807) is 0 Å². The molecule has 1 aliphatic heterocycles. The average Bonchev–Trinajstić information content (AvgIpc) is 2.35. The van der Waals surface area contributed by atoms with E-state index in [2.05, 4.69) is 21.2 Å². The zero-order chi connectivity index (χ0) is 14.0. The molecule has 0 radical (unpaired) electrons. The molecule has 0 spiro atoms. The Kier molecular flexibility index (Phi) is 8.49. The Labute approximate surface area is 141 Å². The van der Waals surface area contributed by atoms with Crippen LogP contribution in [0.4, 0.5) is 17.6 Å². The molecule has 1 heterocycles. The van der Waals surface area contributed by atoms with Gasteiger partial charge in [-0.25, -0.2) is 4.39 Å². The molecule has 1 aromatic carbocycles. The highest BCUT2D eigenvalue weighted by atomic mass is 79.9. The summed E-state index contributed by atoms with van der Waals surface area (Å²) in [5.41, 5.74) is -0.330. The average molecular weight is 414 g/mol. The number of hydrogen-bond donors (Lipinski definition) is 1. The molecule has 1 atom stereocenters. The highest BCUT2D eigenvalue weighted by molar-refractivity contribution is 9.10. The third-order valence-electron chi connectivity index (χ3n) is 3.10. The van der Waals surface area contributed by atoms with Crippen LogP contribution in [0, 0.1) is 5.82 Å². The minimum atomic E-state index is -4.50. The van der Waals surface area contributed by atoms with E-state index in [-0.39, 0.29) is 47.9 Å². The molecule has 1 aromatic rings. The van der Waals surface area contributed by atoms with Crippen molar-refractivity contribution in [2.24, 2.45) is 0 Å². The summed E-state index contributed by atoms with van der Waals surface area (Å²) in [6.07, 6.45) is -4.50. The van der Waals surface area contributed by atoms with Crippen molar-refractivity contribution in [2.45, 2.75) is 12.2 Å². The van der Waals surface area contributed by atoms with Crippen molar-refractivity contribution >= 4 is 40.7 Å². The summed E-state index contributed by atoms with van der Waals surface area (Å²) in [4.78, 5) is 1.27. The van der Waals surface area contributed by atoms with Gasteiger partial charge in [-0.15, -0.1) is 24.8 Å². The lowest BCUT2D eigenvalue weighted by Gasteiger charge is -2.36. The second kappa shape index (κ2) is 8.53. The molecule has 1 aliphatic rings. The van der Waals surface area contributed by atoms with Gasteiger partial charge < -0.3 is 5.32 Å². The highest BCUT2D eigenvalue weighted by Gasteiger charge is 2.46. The Morgan fingerprint density at radius 2 is 1.71 bits per heavy atom. The summed E-state index contributed by atoms with van der Waals surface area (Å²) < 4.78 is 53.8. The summed E-state index contributed by atoms with van der Waals surface area (Å²) in [5.74, 6) is -0.844. The van der Waals surface area contributed by atoms with Crippen molar-refractivity contribution < 1.29 is 17.6 Å². The van der Waals surface area contributed by atoms with E-state index in [9.17, 15) is 17.6 Å². The van der Waals surface area contributed by atoms with Crippen LogP contribution in [0.5, 0.6) is 0 Å². The Morgan fingerprint density at radius 1 is 1.14 bits per heavy atom. The van der Waals surface area contributed by atoms with Crippen molar-refractivity contribution in [2.75, 3.05) is 26.2 Å². The summed E-state index contributed by atoms with van der Waals surface area (Å²) in [7, 11) is 0. The number of nitrogens with zero attached hydrogens (tertiary/aromatic N) is 1. The lowest BCUT2D eigenvalue weighted by atomic mass is 10.0. The summed E-state index contributed by atoms with van der Waals surface area (Å²) in [6.45, 7) is 1.44. The Balaban J connectivity index is 0.00000200. The van der Waals surface area contributed by atoms with Crippen LogP contribution in [0.2, 0.25) is 0 Å². The zero-order valence-electron chi connectivity index (χ0n) is 10.8. The van der Waals surface area contributed by atoms with Gasteiger partial charge in [0.2, 0.25) is 0 Å². The van der Waals surface area contributed by atoms with E-state index in [4.69, 9.17) is 0 Å². The van der Waals surface area contributed by atoms with Gasteiger partial charge in [0.25, 0.3) is 0 Å². The normalized spacial score (nSPS) is 17.6. The number of hydrogen-bond acceptors (Lipinski definition) is 2. The monoisotopic (exact) mass is 412 g/mol. The topological polar surface area (TPSA) is 15.3 Å². The highest BCUT2D eigenvalue weighted by Crippen LogP contribution is 2.40. The van der Waals surface area contributed by atoms with E-state index < -0.39 is 18.0 Å². The Hall–Kier alpha value is -0.0800. The molecule has 0 unspecified atom stereocenters. The van der Waals surface area contributed by atoms with E-state index in [0.717, 1.165) is 0 Å². The van der Waals surface area contributed by atoms with Gasteiger partial charge in [0.05, 0.1) is 4.47 Å². The van der Waals surface area contributed by atoms with Gasteiger partial charge in [-0.2, -0.15) is 13.2 Å². The van der Waals surface area contributed by atoms with Gasteiger partial charge in [0.15, 0.2) is 0 Å². The van der Waals surface area contributed by atoms with Crippen LogP contribution in [0.25, 0.3) is 0 Å². The van der Waals surface area contributed by atoms with Crippen LogP contribution < -0.4 is 5.32 Å². The minimum Gasteiger partial charge on any atom is -0.314 e. The number of piperazine rings is 1. The third kappa shape index (κ3) is 4.96. The first-order valence-corrected chi connectivity index (χ1v) is 6.66. The number of rotatable bonds is 2. The molecule has 1 N–H and O–H groups in total. The fourth-order valence-electron chi connectivity index (χ4n) is 2.25. The van der Waals surface area contributed by atoms with E-state index >= 15 is 0 Å². The predicted octanol–water partition coefficient (Wildman–Crippen LogP) is 3.94. The van der Waals surface area contributed by atoms with Crippen LogP contribution in [0.15, 0.2) is 22.7 Å². The SMILES string of the molecule is Cl.Cl.Fc1c(Br)cccc1[C@H](N1CCNCC1)C(F)(F)F. The fourth-order valence-corrected chi connectivity index (χ4v) is 2.63. The molecule has 21 heavy (non-hydrogen) atoms. The lowest BCUT2D eigenvalue weighted by molar-refractivity contribution is -0.188. The van der Waals surface area contributed by atoms with E-state index in [1.165, 1.54) is 23.1 Å². The maximum Gasteiger partial charge on any atom is 0.408 e. The number of alkyl halides is 3. The maximum atomic E-state index is 13.9. The van der Waals surface area contributed by atoms with Gasteiger partial charge in [0, 0.05) is 31.7 Å². The first-order chi connectivity index (χ1) is 8.91. The second-order valence-corrected chi connectivity index (χ2v) is 5.23. The smallest absolute Gasteiger partial charge is 0.314 e. The molecule has 1 saturated heterocycles. The number of nitrogens with one attached hydrogen (secondary N) is 1. The van der Waals surface area contributed by atoms with Crippen molar-refractivity contribution in [1.29, 1.82) is 0 Å². The van der Waals surface area contributed by atoms with Gasteiger partial charge >= 0.3 is 6.18 Å². The summed E-state index contributed by atoms with van der Waals surface area (Å²) in [5, 5.41) is 2.99. The summed E-state index contributed by atoms with van der Waals surface area (Å²) >= 11 is 2.93. The Morgan fingerprint density at radius 3 is 2.24 bits per heavy atom. The molecule has 1 fully saturated rings. The van der Waals surface area contributed by atoms with Crippen LogP contribution in [-0.2, 0) is 0 Å². The van der Waals surface area contributed by atoms with Crippen LogP contribution in [-0.4, -0.2) is 37.3 Å². The summed E-state index contributed by atoms with van der Waals surface area (Å²) in [6, 6.07) is 2.11. The largest absolute Gasteiger partial charge is 0.408 e. The van der Waals surface area contributed by atoms with Gasteiger partial charge in [-0.1, -0.05) is 12.1 Å². The van der Waals surface area contributed by atoms with Crippen LogP contribution >= 0.6 is 40.7 Å². The molecule has 0 amide bonds.